The lowest BCUT2D eigenvalue weighted by Crippen LogP contribution is -2.13. The fourth-order valence-corrected chi connectivity index (χ4v) is 2.66. The molecule has 3 aromatic rings. The minimum atomic E-state index is 0.504. The molecule has 0 aliphatic heterocycles. The number of hydrogen-bond donors (Lipinski definition) is 2. The molecule has 0 spiro atoms. The first-order valence-corrected chi connectivity index (χ1v) is 8.83. The van der Waals surface area contributed by atoms with Crippen molar-refractivity contribution in [1.29, 1.82) is 0 Å². The normalized spacial score (nSPS) is 10.3. The van der Waals surface area contributed by atoms with E-state index in [0.29, 0.717) is 19.1 Å². The van der Waals surface area contributed by atoms with Crippen molar-refractivity contribution < 1.29 is 9.47 Å². The summed E-state index contributed by atoms with van der Waals surface area (Å²) in [5.74, 6) is 2.91. The number of benzene rings is 2. The van der Waals surface area contributed by atoms with E-state index in [4.69, 9.17) is 9.47 Å². The average molecular weight is 364 g/mol. The summed E-state index contributed by atoms with van der Waals surface area (Å²) >= 11 is 0. The predicted molar refractivity (Wildman–Crippen MR) is 108 cm³/mol. The number of ether oxygens (including phenoxy) is 2. The zero-order chi connectivity index (χ0) is 19.1. The van der Waals surface area contributed by atoms with Gasteiger partial charge in [0.25, 0.3) is 0 Å². The van der Waals surface area contributed by atoms with E-state index in [2.05, 4.69) is 46.6 Å². The molecule has 0 unspecified atom stereocenters. The molecule has 0 bridgehead atoms. The second kappa shape index (κ2) is 8.89. The summed E-state index contributed by atoms with van der Waals surface area (Å²) in [7, 11) is 1.64. The molecule has 2 aromatic carbocycles. The van der Waals surface area contributed by atoms with Crippen LogP contribution in [0.5, 0.6) is 11.5 Å². The fourth-order valence-electron chi connectivity index (χ4n) is 2.66. The minimum absolute atomic E-state index is 0.504. The highest BCUT2D eigenvalue weighted by molar-refractivity contribution is 5.64. The summed E-state index contributed by atoms with van der Waals surface area (Å²) in [6.45, 7) is 5.25. The van der Waals surface area contributed by atoms with Crippen molar-refractivity contribution in [1.82, 2.24) is 9.97 Å². The highest BCUT2D eigenvalue weighted by Crippen LogP contribution is 2.23. The van der Waals surface area contributed by atoms with Crippen LogP contribution in [0.2, 0.25) is 0 Å². The molecule has 0 amide bonds. The van der Waals surface area contributed by atoms with Gasteiger partial charge in [0.05, 0.1) is 13.7 Å². The maximum atomic E-state index is 5.70. The van der Waals surface area contributed by atoms with Gasteiger partial charge in [-0.2, -0.15) is 4.98 Å². The van der Waals surface area contributed by atoms with Crippen LogP contribution in [0.3, 0.4) is 0 Å². The second-order valence-electron chi connectivity index (χ2n) is 6.11. The van der Waals surface area contributed by atoms with Crippen LogP contribution >= 0.6 is 0 Å². The van der Waals surface area contributed by atoms with Gasteiger partial charge in [0.15, 0.2) is 0 Å². The van der Waals surface area contributed by atoms with Crippen LogP contribution in [0.15, 0.2) is 54.7 Å². The maximum Gasteiger partial charge on any atom is 0.224 e. The van der Waals surface area contributed by atoms with Crippen molar-refractivity contribution in [2.45, 2.75) is 13.8 Å². The molecule has 3 rings (SSSR count). The first-order valence-electron chi connectivity index (χ1n) is 8.83. The van der Waals surface area contributed by atoms with Crippen LogP contribution in [-0.2, 0) is 0 Å². The molecular formula is C21H24N4O2. The Morgan fingerprint density at radius 2 is 1.63 bits per heavy atom. The third-order valence-electron chi connectivity index (χ3n) is 4.10. The van der Waals surface area contributed by atoms with Gasteiger partial charge in [-0.1, -0.05) is 18.2 Å². The lowest BCUT2D eigenvalue weighted by atomic mass is 10.1. The largest absolute Gasteiger partial charge is 0.497 e. The molecular weight excluding hydrogens is 340 g/mol. The number of hydrogen-bond acceptors (Lipinski definition) is 6. The molecule has 0 saturated heterocycles. The Bertz CT molecular complexity index is 861. The molecule has 0 aliphatic rings. The van der Waals surface area contributed by atoms with Crippen LogP contribution in [-0.4, -0.2) is 30.2 Å². The Hall–Kier alpha value is -3.28. The van der Waals surface area contributed by atoms with E-state index in [0.717, 1.165) is 23.0 Å². The quantitative estimate of drug-likeness (QED) is 0.580. The van der Waals surface area contributed by atoms with Crippen molar-refractivity contribution in [3.8, 4) is 11.5 Å². The van der Waals surface area contributed by atoms with Crippen LogP contribution in [0, 0.1) is 13.8 Å². The average Bonchev–Trinajstić information content (AvgIpc) is 2.69. The molecule has 27 heavy (non-hydrogen) atoms. The summed E-state index contributed by atoms with van der Waals surface area (Å²) in [6, 6.07) is 15.5. The van der Waals surface area contributed by atoms with Gasteiger partial charge in [-0.05, 0) is 55.3 Å². The fraction of sp³-hybridized carbons (Fsp3) is 0.238. The first kappa shape index (κ1) is 18.5. The molecule has 0 radical (unpaired) electrons. The van der Waals surface area contributed by atoms with Gasteiger partial charge in [0, 0.05) is 11.9 Å². The standard InChI is InChI=1S/C21H24N4O2/c1-15-5-4-6-16(2)20(15)24-19-11-12-22-21(25-19)23-13-14-27-18-9-7-17(26-3)8-10-18/h4-12H,13-14H2,1-3H3,(H2,22,23,24,25). The third kappa shape index (κ3) is 5.10. The van der Waals surface area contributed by atoms with Crippen molar-refractivity contribution in [2.24, 2.45) is 0 Å². The van der Waals surface area contributed by atoms with Crippen LogP contribution in [0.1, 0.15) is 11.1 Å². The number of anilines is 3. The Labute approximate surface area is 159 Å². The summed E-state index contributed by atoms with van der Waals surface area (Å²) in [6.07, 6.45) is 1.73. The lowest BCUT2D eigenvalue weighted by molar-refractivity contribution is 0.331. The van der Waals surface area contributed by atoms with Gasteiger partial charge >= 0.3 is 0 Å². The number of nitrogens with zero attached hydrogens (tertiary/aromatic N) is 2. The van der Waals surface area contributed by atoms with E-state index in [1.165, 1.54) is 11.1 Å². The Balaban J connectivity index is 1.53. The van der Waals surface area contributed by atoms with E-state index >= 15 is 0 Å². The Morgan fingerprint density at radius 3 is 2.33 bits per heavy atom. The Kier molecular flexibility index (Phi) is 6.10. The number of methoxy groups -OCH3 is 1. The van der Waals surface area contributed by atoms with Crippen LogP contribution in [0.25, 0.3) is 0 Å². The highest BCUT2D eigenvalue weighted by atomic mass is 16.5. The number of nitrogens with one attached hydrogen (secondary N) is 2. The highest BCUT2D eigenvalue weighted by Gasteiger charge is 2.05. The van der Waals surface area contributed by atoms with Crippen LogP contribution in [0.4, 0.5) is 17.5 Å². The first-order chi connectivity index (χ1) is 13.2. The van der Waals surface area contributed by atoms with Gasteiger partial charge in [-0.25, -0.2) is 4.98 Å². The van der Waals surface area contributed by atoms with E-state index in [1.807, 2.05) is 36.4 Å². The van der Waals surface area contributed by atoms with E-state index in [-0.39, 0.29) is 0 Å². The molecule has 0 saturated carbocycles. The van der Waals surface area contributed by atoms with Crippen molar-refractivity contribution in [3.63, 3.8) is 0 Å². The van der Waals surface area contributed by atoms with Crippen LogP contribution < -0.4 is 20.1 Å². The second-order valence-corrected chi connectivity index (χ2v) is 6.11. The monoisotopic (exact) mass is 364 g/mol. The smallest absolute Gasteiger partial charge is 0.224 e. The third-order valence-corrected chi connectivity index (χ3v) is 4.10. The van der Waals surface area contributed by atoms with Crippen molar-refractivity contribution in [2.75, 3.05) is 30.9 Å². The SMILES string of the molecule is COc1ccc(OCCNc2nccc(Nc3c(C)cccc3C)n2)cc1. The molecule has 0 fully saturated rings. The van der Waals surface area contributed by atoms with Gasteiger partial charge in [-0.3, -0.25) is 0 Å². The molecule has 0 aliphatic carbocycles. The molecule has 1 heterocycles. The van der Waals surface area contributed by atoms with Gasteiger partial charge in [0.2, 0.25) is 5.95 Å². The summed E-state index contributed by atoms with van der Waals surface area (Å²) in [5, 5.41) is 6.55. The molecule has 0 atom stereocenters. The van der Waals surface area contributed by atoms with E-state index in [9.17, 15) is 0 Å². The number of aromatic nitrogens is 2. The molecule has 6 nitrogen and oxygen atoms in total. The topological polar surface area (TPSA) is 68.3 Å². The van der Waals surface area contributed by atoms with Gasteiger partial charge < -0.3 is 20.1 Å². The summed E-state index contributed by atoms with van der Waals surface area (Å²) < 4.78 is 10.8. The number of rotatable bonds is 8. The summed E-state index contributed by atoms with van der Waals surface area (Å²) in [5.41, 5.74) is 3.43. The minimum Gasteiger partial charge on any atom is -0.497 e. The van der Waals surface area contributed by atoms with Gasteiger partial charge in [-0.15, -0.1) is 0 Å². The zero-order valence-electron chi connectivity index (χ0n) is 15.8. The molecule has 6 heteroatoms. The Morgan fingerprint density at radius 1 is 0.926 bits per heavy atom. The van der Waals surface area contributed by atoms with Crippen molar-refractivity contribution in [3.05, 3.63) is 65.9 Å². The molecule has 1 aromatic heterocycles. The van der Waals surface area contributed by atoms with Crippen molar-refractivity contribution >= 4 is 17.5 Å². The zero-order valence-corrected chi connectivity index (χ0v) is 15.8. The maximum absolute atomic E-state index is 5.70. The van der Waals surface area contributed by atoms with E-state index in [1.54, 1.807) is 13.3 Å². The van der Waals surface area contributed by atoms with Gasteiger partial charge in [0.1, 0.15) is 23.9 Å². The molecule has 140 valence electrons. The number of para-hydroxylation sites is 1. The summed E-state index contributed by atoms with van der Waals surface area (Å²) in [4.78, 5) is 8.77. The molecule has 2 N–H and O–H groups in total. The van der Waals surface area contributed by atoms with E-state index < -0.39 is 0 Å². The predicted octanol–water partition coefficient (Wildman–Crippen LogP) is 4.34. The number of aryl methyl sites for hydroxylation is 2. The lowest BCUT2D eigenvalue weighted by Gasteiger charge is -2.13.